The number of carbonyl (C=O) groups is 12. The fourth-order valence-electron chi connectivity index (χ4n) is 14.9. The fourth-order valence-corrected chi connectivity index (χ4v) is 15.5. The number of aryl methyl sites for hydroxylation is 1. The number of hydrogen-bond donors (Lipinski definition) is 4. The third kappa shape index (κ3) is 28.9. The molecule has 12 amide bonds. The summed E-state index contributed by atoms with van der Waals surface area (Å²) in [6, 6.07) is 33.1. The molecule has 6 unspecified atom stereocenters. The fraction of sp³-hybridized carbons (Fsp3) is 0.510. The number of ketones is 3. The molecule has 3 saturated heterocycles. The number of methoxy groups -OCH3 is 3. The van der Waals surface area contributed by atoms with Crippen LogP contribution in [0.3, 0.4) is 0 Å². The van der Waals surface area contributed by atoms with Crippen molar-refractivity contribution in [1.29, 1.82) is 0 Å². The number of nitrogens with one attached hydrogen (secondary N) is 4. The van der Waals surface area contributed by atoms with Gasteiger partial charge in [-0.3, -0.25) is 61.9 Å². The molecule has 130 heavy (non-hydrogen) atoms. The minimum atomic E-state index is -1.83. The minimum Gasteiger partial charge on any atom is -0.495 e. The van der Waals surface area contributed by atoms with Crippen molar-refractivity contribution in [1.82, 2.24) is 29.4 Å². The number of halogens is 1. The van der Waals surface area contributed by atoms with Crippen molar-refractivity contribution in [2.45, 2.75) is 255 Å². The van der Waals surface area contributed by atoms with Gasteiger partial charge in [-0.1, -0.05) is 274 Å². The Morgan fingerprint density at radius 1 is 0.462 bits per heavy atom. The Bertz CT molecular complexity index is 4870. The number of Topliss-reactive ketones (excluding diaryl/α,β-unsaturated/α-hetero) is 3. The van der Waals surface area contributed by atoms with Gasteiger partial charge in [0.25, 0.3) is 46.7 Å². The zero-order valence-electron chi connectivity index (χ0n) is 77.9. The van der Waals surface area contributed by atoms with E-state index in [9.17, 15) is 61.7 Å². The topological polar surface area (TPSA) is 354 Å². The molecule has 1 aliphatic carbocycles. The molecule has 4 aliphatic rings. The maximum absolute atomic E-state index is 14.3. The number of imide groups is 3. The zero-order chi connectivity index (χ0) is 95.0. The largest absolute Gasteiger partial charge is 0.495 e. The summed E-state index contributed by atoms with van der Waals surface area (Å²) in [5, 5.41) is 8.56. The Morgan fingerprint density at radius 2 is 0.854 bits per heavy atom. The minimum absolute atomic E-state index is 0.0470. The summed E-state index contributed by atoms with van der Waals surface area (Å²) in [6.45, 7) is 21.3. The molecule has 0 radical (unpaired) electrons. The van der Waals surface area contributed by atoms with Crippen molar-refractivity contribution in [3.8, 4) is 23.0 Å². The van der Waals surface area contributed by atoms with Gasteiger partial charge in [-0.2, -0.15) is 0 Å². The molecule has 3 aliphatic heterocycles. The maximum atomic E-state index is 14.3. The van der Waals surface area contributed by atoms with Crippen molar-refractivity contribution in [2.75, 3.05) is 75.5 Å². The number of benzene rings is 6. The van der Waals surface area contributed by atoms with Gasteiger partial charge in [0.15, 0.2) is 35.5 Å². The summed E-state index contributed by atoms with van der Waals surface area (Å²) in [5.41, 5.74) is 1.42. The lowest BCUT2D eigenvalue weighted by Gasteiger charge is -2.29. The molecular weight excluding hydrogens is 1700 g/mol. The molecule has 10 rings (SSSR count). The molecule has 1 saturated carbocycles. The average Bonchev–Trinajstić information content (AvgIpc) is 1.58. The Balaban J connectivity index is 0.000000244. The van der Waals surface area contributed by atoms with Crippen molar-refractivity contribution >= 4 is 117 Å². The van der Waals surface area contributed by atoms with Gasteiger partial charge in [-0.15, -0.1) is 0 Å². The Hall–Kier alpha value is -11.1. The quantitative estimate of drug-likeness (QED) is 0.0157. The Morgan fingerprint density at radius 3 is 1.28 bits per heavy atom. The number of anilines is 4. The van der Waals surface area contributed by atoms with E-state index in [2.05, 4.69) is 41.4 Å². The molecule has 706 valence electrons. The second-order valence-corrected chi connectivity index (χ2v) is 36.6. The van der Waals surface area contributed by atoms with E-state index in [1.54, 1.807) is 78.8 Å². The van der Waals surface area contributed by atoms with E-state index in [0.717, 1.165) is 108 Å². The molecule has 0 bridgehead atoms. The van der Waals surface area contributed by atoms with Crippen LogP contribution in [0.5, 0.6) is 23.0 Å². The number of urea groups is 3. The van der Waals surface area contributed by atoms with Crippen LogP contribution in [0.4, 0.5) is 37.1 Å². The van der Waals surface area contributed by atoms with Crippen LogP contribution in [0, 0.1) is 23.2 Å². The van der Waals surface area contributed by atoms with Crippen LogP contribution in [-0.4, -0.2) is 190 Å². The van der Waals surface area contributed by atoms with Gasteiger partial charge in [0, 0.05) is 49.1 Å². The first-order valence-corrected chi connectivity index (χ1v) is 46.4. The van der Waals surface area contributed by atoms with Crippen LogP contribution in [0.25, 0.3) is 0 Å². The van der Waals surface area contributed by atoms with Gasteiger partial charge >= 0.3 is 18.1 Å². The predicted octanol–water partition coefficient (Wildman–Crippen LogP) is 17.7. The summed E-state index contributed by atoms with van der Waals surface area (Å²) in [7, 11) is 5.28. The maximum Gasteiger partial charge on any atom is 0.330 e. The summed E-state index contributed by atoms with van der Waals surface area (Å²) in [5.74, 6) is -4.98. The number of nitrogens with zero attached hydrogens (tertiary/aromatic N) is 6. The summed E-state index contributed by atoms with van der Waals surface area (Å²) >= 11 is 4.83. The lowest BCUT2D eigenvalue weighted by Crippen LogP contribution is -2.55. The molecule has 4 N–H and O–H groups in total. The number of rotatable bonds is 49. The molecule has 30 nitrogen and oxygen atoms in total. The highest BCUT2D eigenvalue weighted by molar-refractivity contribution is 7.81. The molecule has 3 heterocycles. The van der Waals surface area contributed by atoms with Gasteiger partial charge in [-0.05, 0) is 91.6 Å². The normalized spacial score (nSPS) is 16.3. The first-order valence-electron chi connectivity index (χ1n) is 44.9. The number of unbranched alkanes of at least 4 members (excludes halogenated alkanes) is 15. The van der Waals surface area contributed by atoms with Crippen molar-refractivity contribution in [3.05, 3.63) is 167 Å². The van der Waals surface area contributed by atoms with E-state index in [-0.39, 0.29) is 43.3 Å². The highest BCUT2D eigenvalue weighted by Gasteiger charge is 2.59. The van der Waals surface area contributed by atoms with Crippen molar-refractivity contribution in [2.24, 2.45) is 16.2 Å². The summed E-state index contributed by atoms with van der Waals surface area (Å²) in [4.78, 5) is 170. The van der Waals surface area contributed by atoms with Crippen LogP contribution >= 0.6 is 11.6 Å². The number of ether oxygens (including phenoxy) is 6. The first-order chi connectivity index (χ1) is 62.1. The molecule has 0 spiro atoms. The van der Waals surface area contributed by atoms with Crippen LogP contribution in [0.15, 0.2) is 140 Å². The summed E-state index contributed by atoms with van der Waals surface area (Å²) in [6.07, 6.45) is 18.3. The smallest absolute Gasteiger partial charge is 0.330 e. The number of hydrogen-bond acceptors (Lipinski definition) is 20. The third-order valence-electron chi connectivity index (χ3n) is 22.6. The van der Waals surface area contributed by atoms with Crippen LogP contribution < -0.4 is 39.6 Å². The summed E-state index contributed by atoms with van der Waals surface area (Å²) < 4.78 is 53.4. The van der Waals surface area contributed by atoms with E-state index in [0.29, 0.717) is 66.3 Å². The molecule has 0 aromatic heterocycles. The van der Waals surface area contributed by atoms with E-state index >= 15 is 0 Å². The third-order valence-corrected chi connectivity index (χ3v) is 23.6. The lowest BCUT2D eigenvalue weighted by atomic mass is 9.85. The van der Waals surface area contributed by atoms with Gasteiger partial charge in [-0.25, -0.2) is 33.3 Å². The van der Waals surface area contributed by atoms with E-state index in [1.165, 1.54) is 100 Å². The standard InChI is InChI=1S/C40H58ClN3O7.C33H43N3O6.C25H30N4O7S/c1-7-9-11-13-15-20-24-50-32-27-31(33(26-30(32)41)51-25-21-16-14-12-10-8-2)42-36(46)34(35(45)40(3,4)5)44-37(47)38(49-6)43(39(44)48)28-29-22-18-17-19-23-29;1-5-6-7-8-9-13-20-42-26-17-16-23(2)21-25(26)34-29(38)27(28(37)33(3)18-19-33)36-30(39)31(41-4)35(32(36)40)22-24-14-11-10-12-15-24;1-25(2,3)22(31)21(29-20(30)15-28(24(29)33)14-16-9-7-6-8-10-16)23(32)26-18-13-17(27-37(34)36-5)11-12-19(18)35-4/h17-19,22-23,26-27,34,38H,7-16,20-21,24-25,28H2,1-6H3,(H,42,46);10-12,14-17,21,27,31H,5-9,13,18-20,22H2,1-4H3,(H,34,38);6-13,21,27H,14-15H2,1-5H3,(H,26,32). The van der Waals surface area contributed by atoms with E-state index < -0.39 is 129 Å². The van der Waals surface area contributed by atoms with Gasteiger partial charge in [0.1, 0.15) is 29.5 Å². The monoisotopic (exact) mass is 1830 g/mol. The highest BCUT2D eigenvalue weighted by Crippen LogP contribution is 2.48. The highest BCUT2D eigenvalue weighted by atomic mass is 35.5. The first kappa shape index (κ1) is 104. The zero-order valence-corrected chi connectivity index (χ0v) is 79.5. The lowest BCUT2D eigenvalue weighted by molar-refractivity contribution is -0.148. The van der Waals surface area contributed by atoms with Gasteiger partial charge < -0.3 is 49.3 Å². The molecular formula is C98H131ClN10O20S. The Labute approximate surface area is 772 Å². The molecule has 6 atom stereocenters. The number of carbonyl (C=O) groups excluding carboxylic acids is 12. The molecule has 6 aromatic carbocycles. The van der Waals surface area contributed by atoms with Crippen LogP contribution in [0.1, 0.15) is 220 Å². The van der Waals surface area contributed by atoms with E-state index in [1.807, 2.05) is 104 Å². The average molecular weight is 1840 g/mol. The second kappa shape index (κ2) is 50.3. The SMILES string of the molecule is CCCCCCCCOc1cc(NC(=O)C(C(=O)C(C)(C)C)N2C(=O)C(OC)N(Cc3ccccc3)C2=O)c(OCCCCCCCC)cc1Cl.CCCCCCCCOc1ccc(C)cc1NC(=O)C(C(=O)C1(C)CC1)N1C(=O)C(OC)N(Cc2ccccc2)C1=O.COc1ccc(NS(=O)OC)cc1NC(=O)C(C(=O)C(C)(C)C)N1C(=O)CN(Cc2ccccc2)C1=O. The molecule has 4 fully saturated rings. The predicted molar refractivity (Wildman–Crippen MR) is 499 cm³/mol. The number of amides is 12. The second-order valence-electron chi connectivity index (χ2n) is 35.1. The molecule has 6 aromatic rings. The molecule has 32 heteroatoms. The Kier molecular flexibility index (Phi) is 40.4. The van der Waals surface area contributed by atoms with Gasteiger partial charge in [0.2, 0.25) is 12.5 Å². The van der Waals surface area contributed by atoms with E-state index in [4.69, 9.17) is 44.2 Å². The van der Waals surface area contributed by atoms with Crippen LogP contribution in [0.2, 0.25) is 5.02 Å². The van der Waals surface area contributed by atoms with Gasteiger partial charge in [0.05, 0.1) is 74.9 Å². The van der Waals surface area contributed by atoms with Crippen molar-refractivity contribution in [3.63, 3.8) is 0 Å². The van der Waals surface area contributed by atoms with Crippen molar-refractivity contribution < 1.29 is 94.3 Å². The van der Waals surface area contributed by atoms with Crippen LogP contribution in [-0.2, 0) is 87.7 Å².